The molecule has 13 heteroatoms. The highest BCUT2D eigenvalue weighted by Gasteiger charge is 2.42. The Balaban J connectivity index is 1.43. The number of fused-ring (bicyclic) bond motifs is 1. The quantitative estimate of drug-likeness (QED) is 0.212. The van der Waals surface area contributed by atoms with Gasteiger partial charge in [-0.05, 0) is 62.1 Å². The zero-order valence-corrected chi connectivity index (χ0v) is 23.5. The number of rotatable bonds is 7. The molecule has 1 aliphatic heterocycles. The Hall–Kier alpha value is -3.56. The largest absolute Gasteiger partial charge is 0.497 e. The number of methoxy groups -OCH3 is 1. The molecule has 5 nitrogen and oxygen atoms in total. The van der Waals surface area contributed by atoms with Crippen molar-refractivity contribution >= 4 is 28.5 Å². The fraction of sp³-hybridized carbons (Fsp3) is 0.400. The number of hydrogen-bond acceptors (Lipinski definition) is 4. The second kappa shape index (κ2) is 12.6. The molecule has 3 aromatic rings. The van der Waals surface area contributed by atoms with Gasteiger partial charge in [0.15, 0.2) is 0 Å². The van der Waals surface area contributed by atoms with Crippen molar-refractivity contribution in [2.45, 2.75) is 44.2 Å². The number of piperidine rings is 1. The molecule has 0 radical (unpaired) electrons. The predicted octanol–water partition coefficient (Wildman–Crippen LogP) is 7.94. The lowest BCUT2D eigenvalue weighted by Crippen LogP contribution is -2.44. The van der Waals surface area contributed by atoms with Gasteiger partial charge in [0.05, 0.1) is 40.7 Å². The number of carboxylic acid groups (broad SMARTS) is 1. The number of ether oxygens (including phenoxy) is 1. The van der Waals surface area contributed by atoms with Gasteiger partial charge < -0.3 is 9.84 Å². The van der Waals surface area contributed by atoms with Gasteiger partial charge in [0.2, 0.25) is 0 Å². The molecule has 43 heavy (non-hydrogen) atoms. The highest BCUT2D eigenvalue weighted by atomic mass is 35.5. The Kier molecular flexibility index (Phi) is 9.47. The van der Waals surface area contributed by atoms with Crippen LogP contribution in [0, 0.1) is 17.3 Å². The highest BCUT2D eigenvalue weighted by molar-refractivity contribution is 6.32. The van der Waals surface area contributed by atoms with E-state index < -0.39 is 46.6 Å². The van der Waals surface area contributed by atoms with Crippen molar-refractivity contribution in [3.8, 4) is 17.6 Å². The summed E-state index contributed by atoms with van der Waals surface area (Å²) in [4.78, 5) is 18.3. The van der Waals surface area contributed by atoms with E-state index in [1.165, 1.54) is 13.3 Å². The molecule has 230 valence electrons. The first-order valence-electron chi connectivity index (χ1n) is 13.1. The van der Waals surface area contributed by atoms with Gasteiger partial charge in [-0.3, -0.25) is 14.7 Å². The molecule has 0 aliphatic carbocycles. The van der Waals surface area contributed by atoms with Gasteiger partial charge in [-0.15, -0.1) is 0 Å². The number of hydrogen-bond donors (Lipinski definition) is 1. The molecule has 1 N–H and O–H groups in total. The Morgan fingerprint density at radius 1 is 1.09 bits per heavy atom. The van der Waals surface area contributed by atoms with E-state index in [2.05, 4.69) is 16.8 Å². The van der Waals surface area contributed by atoms with Crippen molar-refractivity contribution in [3.63, 3.8) is 0 Å². The fourth-order valence-corrected chi connectivity index (χ4v) is 5.42. The number of aliphatic carboxylic acids is 1. The minimum atomic E-state index is -4.98. The molecule has 0 bridgehead atoms. The Morgan fingerprint density at radius 2 is 1.72 bits per heavy atom. The van der Waals surface area contributed by atoms with Gasteiger partial charge in [-0.25, -0.2) is 4.39 Å². The van der Waals surface area contributed by atoms with E-state index in [9.17, 15) is 36.2 Å². The standard InChI is InChI=1S/C30H26ClF7N2O3/c1-43-21-4-5-25-22(16-21)26(23(31)17-39-25)24(32)6-7-28(27(41)42)8-11-40(12-9-28)10-2-3-18-13-19(29(33,34)35)15-20(14-18)30(36,37)38/h4-5,13-17,24H,6-12H2,1H3,(H,41,42)/t24-/m0/s1. The van der Waals surface area contributed by atoms with Crippen LogP contribution in [-0.4, -0.2) is 47.7 Å². The van der Waals surface area contributed by atoms with E-state index >= 15 is 4.39 Å². The van der Waals surface area contributed by atoms with Crippen molar-refractivity contribution in [2.24, 2.45) is 5.41 Å². The molecule has 0 unspecified atom stereocenters. The van der Waals surface area contributed by atoms with Crippen LogP contribution in [0.15, 0.2) is 42.6 Å². The first kappa shape index (κ1) is 32.4. The average Bonchev–Trinajstić information content (AvgIpc) is 2.95. The first-order chi connectivity index (χ1) is 20.1. The lowest BCUT2D eigenvalue weighted by molar-refractivity contribution is -0.153. The molecule has 0 saturated carbocycles. The number of halogens is 8. The minimum Gasteiger partial charge on any atom is -0.497 e. The monoisotopic (exact) mass is 630 g/mol. The average molecular weight is 631 g/mol. The second-order valence-electron chi connectivity index (χ2n) is 10.4. The number of benzene rings is 2. The SMILES string of the molecule is COc1ccc2ncc(Cl)c([C@@H](F)CCC3(C(=O)O)CCN(CC#Cc4cc(C(F)(F)F)cc(C(F)(F)F)c4)CC3)c2c1. The number of nitrogens with zero attached hydrogens (tertiary/aromatic N) is 2. The molecular weight excluding hydrogens is 605 g/mol. The normalized spacial score (nSPS) is 16.4. The van der Waals surface area contributed by atoms with Crippen LogP contribution in [0.25, 0.3) is 10.9 Å². The number of likely N-dealkylation sites (tertiary alicyclic amines) is 1. The lowest BCUT2D eigenvalue weighted by Gasteiger charge is -2.38. The maximum atomic E-state index is 15.6. The van der Waals surface area contributed by atoms with E-state index in [0.717, 1.165) is 0 Å². The van der Waals surface area contributed by atoms with Crippen LogP contribution >= 0.6 is 11.6 Å². The van der Waals surface area contributed by atoms with Gasteiger partial charge in [-0.1, -0.05) is 23.4 Å². The van der Waals surface area contributed by atoms with E-state index in [-0.39, 0.29) is 62.0 Å². The summed E-state index contributed by atoms with van der Waals surface area (Å²) < 4.78 is 99.5. The molecule has 4 rings (SSSR count). The van der Waals surface area contributed by atoms with Gasteiger partial charge in [0, 0.05) is 35.8 Å². The van der Waals surface area contributed by atoms with Crippen molar-refractivity contribution in [3.05, 3.63) is 69.9 Å². The van der Waals surface area contributed by atoms with E-state index in [4.69, 9.17) is 16.3 Å². The molecule has 1 aromatic heterocycles. The summed E-state index contributed by atoms with van der Waals surface area (Å²) in [5.74, 6) is 4.36. The van der Waals surface area contributed by atoms with Crippen molar-refractivity contribution in [1.82, 2.24) is 9.88 Å². The summed E-state index contributed by atoms with van der Waals surface area (Å²) in [5, 5.41) is 10.6. The smallest absolute Gasteiger partial charge is 0.416 e. The summed E-state index contributed by atoms with van der Waals surface area (Å²) in [6.45, 7) is 0.481. The van der Waals surface area contributed by atoms with E-state index in [0.29, 0.717) is 28.8 Å². The summed E-state index contributed by atoms with van der Waals surface area (Å²) in [7, 11) is 1.47. The maximum absolute atomic E-state index is 15.6. The van der Waals surface area contributed by atoms with Crippen LogP contribution in [-0.2, 0) is 17.1 Å². The van der Waals surface area contributed by atoms with Crippen LogP contribution in [0.4, 0.5) is 30.7 Å². The fourth-order valence-electron chi connectivity index (χ4n) is 5.15. The highest BCUT2D eigenvalue weighted by Crippen LogP contribution is 2.42. The number of alkyl halides is 7. The summed E-state index contributed by atoms with van der Waals surface area (Å²) in [6.07, 6.45) is -10.0. The van der Waals surface area contributed by atoms with Crippen LogP contribution in [0.5, 0.6) is 5.75 Å². The number of carbonyl (C=O) groups is 1. The molecule has 2 aromatic carbocycles. The van der Waals surface area contributed by atoms with Gasteiger partial charge in [-0.2, -0.15) is 26.3 Å². The lowest BCUT2D eigenvalue weighted by atomic mass is 9.74. The van der Waals surface area contributed by atoms with E-state index in [1.807, 2.05) is 0 Å². The summed E-state index contributed by atoms with van der Waals surface area (Å²) >= 11 is 6.30. The zero-order chi connectivity index (χ0) is 31.6. The van der Waals surface area contributed by atoms with Crippen LogP contribution in [0.2, 0.25) is 5.02 Å². The topological polar surface area (TPSA) is 62.7 Å². The zero-order valence-electron chi connectivity index (χ0n) is 22.8. The minimum absolute atomic E-state index is 0.000519. The second-order valence-corrected chi connectivity index (χ2v) is 10.8. The third-order valence-electron chi connectivity index (χ3n) is 7.65. The van der Waals surface area contributed by atoms with Crippen LogP contribution in [0.3, 0.4) is 0 Å². The third-order valence-corrected chi connectivity index (χ3v) is 7.95. The van der Waals surface area contributed by atoms with Crippen molar-refractivity contribution in [2.75, 3.05) is 26.7 Å². The molecule has 0 spiro atoms. The van der Waals surface area contributed by atoms with Crippen LogP contribution in [0.1, 0.15) is 54.1 Å². The van der Waals surface area contributed by atoms with Crippen LogP contribution < -0.4 is 4.74 Å². The maximum Gasteiger partial charge on any atom is 0.416 e. The van der Waals surface area contributed by atoms with Crippen molar-refractivity contribution < 1.29 is 45.4 Å². The summed E-state index contributed by atoms with van der Waals surface area (Å²) in [6, 6.07) is 6.10. The van der Waals surface area contributed by atoms with E-state index in [1.54, 1.807) is 23.1 Å². The molecule has 1 atom stereocenters. The third kappa shape index (κ3) is 7.51. The number of pyridine rings is 1. The number of aromatic nitrogens is 1. The first-order valence-corrected chi connectivity index (χ1v) is 13.5. The Morgan fingerprint density at radius 3 is 2.28 bits per heavy atom. The van der Waals surface area contributed by atoms with Gasteiger partial charge in [0.1, 0.15) is 11.9 Å². The molecule has 1 fully saturated rings. The number of carboxylic acids is 1. The summed E-state index contributed by atoms with van der Waals surface area (Å²) in [5.41, 5.74) is -3.88. The Bertz CT molecular complexity index is 1520. The molecule has 0 amide bonds. The Labute approximate surface area is 247 Å². The van der Waals surface area contributed by atoms with Gasteiger partial charge in [0.25, 0.3) is 0 Å². The molecule has 1 saturated heterocycles. The van der Waals surface area contributed by atoms with Gasteiger partial charge >= 0.3 is 18.3 Å². The molecule has 2 heterocycles. The predicted molar refractivity (Wildman–Crippen MR) is 145 cm³/mol. The van der Waals surface area contributed by atoms with Crippen molar-refractivity contribution in [1.29, 1.82) is 0 Å². The molecule has 1 aliphatic rings. The molecular formula is C30H26ClF7N2O3.